The van der Waals surface area contributed by atoms with Crippen molar-refractivity contribution in [2.75, 3.05) is 45.8 Å². The van der Waals surface area contributed by atoms with Gasteiger partial charge in [0.2, 0.25) is 0 Å². The molecular formula is C95H104Cl3F3N14NiO3. The van der Waals surface area contributed by atoms with Gasteiger partial charge in [0.15, 0.2) is 23.0 Å². The summed E-state index contributed by atoms with van der Waals surface area (Å²) in [6.07, 6.45) is 9.05. The van der Waals surface area contributed by atoms with Crippen molar-refractivity contribution in [3.05, 3.63) is 361 Å². The molecule has 9 aromatic carbocycles. The summed E-state index contributed by atoms with van der Waals surface area (Å²) < 4.78 is 47.2. The number of Topliss-reactive ketones (excluding diaryl/α,β-unsaturated/α-hetero) is 3. The average molecular weight is 1710 g/mol. The quantitative estimate of drug-likeness (QED) is 0.00879. The molecule has 0 amide bonds. The summed E-state index contributed by atoms with van der Waals surface area (Å²) >= 11 is 0.569. The number of halogens is 6. The zero-order chi connectivity index (χ0) is 83.5. The van der Waals surface area contributed by atoms with Crippen molar-refractivity contribution in [2.45, 2.75) is 117 Å². The third kappa shape index (κ3) is 27.5. The van der Waals surface area contributed by atoms with Crippen LogP contribution >= 0.6 is 32.8 Å². The Labute approximate surface area is 717 Å². The van der Waals surface area contributed by atoms with Gasteiger partial charge in [-0.05, 0) is 255 Å². The molecule has 3 atom stereocenters. The van der Waals surface area contributed by atoms with Crippen LogP contribution in [0.15, 0.2) is 237 Å². The number of ketones is 3. The molecule has 119 heavy (non-hydrogen) atoms. The van der Waals surface area contributed by atoms with Crippen LogP contribution in [0.4, 0.5) is 18.9 Å². The van der Waals surface area contributed by atoms with E-state index in [1.807, 2.05) is 154 Å². The molecule has 3 aromatic heterocycles. The summed E-state index contributed by atoms with van der Waals surface area (Å²) in [4.78, 5) is 43.8. The number of hydrogen-bond acceptors (Lipinski definition) is 13. The topological polar surface area (TPSA) is 235 Å². The predicted octanol–water partition coefficient (Wildman–Crippen LogP) is 18.4. The van der Waals surface area contributed by atoms with Crippen LogP contribution in [0, 0.1) is 62.5 Å². The number of aryl methyl sites for hydroxylation is 4. The molecule has 0 saturated heterocycles. The Kier molecular flexibility index (Phi) is 35.3. The molecule has 12 aromatic rings. The van der Waals surface area contributed by atoms with E-state index < -0.39 is 0 Å². The van der Waals surface area contributed by atoms with E-state index in [1.165, 1.54) is 62.3 Å². The Bertz CT molecular complexity index is 5150. The average Bonchev–Trinajstić information content (AvgIpc) is 1.70. The Morgan fingerprint density at radius 1 is 0.437 bits per heavy atom. The summed E-state index contributed by atoms with van der Waals surface area (Å²) in [5.74, 6) is 1.25. The fourth-order valence-corrected chi connectivity index (χ4v) is 14.1. The van der Waals surface area contributed by atoms with Crippen LogP contribution < -0.4 is 38.5 Å². The normalized spacial score (nSPS) is 13.4. The van der Waals surface area contributed by atoms with Crippen LogP contribution in [0.25, 0.3) is 21.9 Å². The van der Waals surface area contributed by atoms with E-state index in [-0.39, 0.29) is 84.6 Å². The zero-order valence-electron chi connectivity index (χ0n) is 67.4. The van der Waals surface area contributed by atoms with Crippen LogP contribution in [0.2, 0.25) is 0 Å². The summed E-state index contributed by atoms with van der Waals surface area (Å²) in [5.41, 5.74) is 33.6. The number of nitrogens with zero attached hydrogens (tertiary/aromatic N) is 7. The molecule has 3 heterocycles. The van der Waals surface area contributed by atoms with E-state index in [4.69, 9.17) is 44.2 Å². The molecule has 15 rings (SSSR count). The van der Waals surface area contributed by atoms with E-state index in [2.05, 4.69) is 72.6 Å². The summed E-state index contributed by atoms with van der Waals surface area (Å²) in [6, 6.07) is 72.3. The van der Waals surface area contributed by atoms with Gasteiger partial charge >= 0.3 is 33.0 Å². The van der Waals surface area contributed by atoms with Crippen LogP contribution in [0.1, 0.15) is 173 Å². The monoisotopic (exact) mass is 1710 g/mol. The molecule has 3 saturated carbocycles. The predicted molar refractivity (Wildman–Crippen MR) is 469 cm³/mol. The number of rotatable bonds is 33. The first-order valence-electron chi connectivity index (χ1n) is 40.2. The fraction of sp³-hybridized carbons (Fsp3) is 0.295. The number of benzene rings is 9. The van der Waals surface area contributed by atoms with Gasteiger partial charge in [0.25, 0.3) is 0 Å². The molecule has 3 aliphatic rings. The Morgan fingerprint density at radius 2 is 0.731 bits per heavy atom. The second-order valence-corrected chi connectivity index (χ2v) is 31.8. The number of aromatic nitrogens is 6. The number of nitrogens with two attached hydrogens (primary N) is 3. The van der Waals surface area contributed by atoms with E-state index in [0.717, 1.165) is 123 Å². The van der Waals surface area contributed by atoms with Gasteiger partial charge in [0.05, 0.1) is 58.8 Å². The standard InChI is InChI=1S/C31H32FN3O.C30H27FN4O.C30H31FN4O.C4H13N3.3ClH.Ni/c1-3-22-7-5-12-28(17-22)35-29(15-21(2)34-35)30(36)18-24-8-4-9-25(16-24)31(33-20-23-13-14-23)26-10-6-11-27(32)19-26;1-20-14-28(35(34-20)27-11-5-10-26(18-27)32-2)29(36)16-22-6-3-7-23(15-22)30(33-19-21-12-13-21)24-8-4-9-25(31)17-24;1-20-13-28(35(34-20)27-10-3-6-23(15-27)18-32)29(36)16-22-5-2-7-24(14-22)30(33-19-21-11-12-21)25-8-4-9-26(31)17-25;5-1-3-7-4-2-6;;;;/h4-12,15-17,19,23,31,33H,3,13-14,18,20H2,1-2H3;3-11,14-15,17-18,21,30,33H,12-13,16,19H2,1H3;2-10,13-15,17,21,30,33H,11-12,16,18-19,32H2,1H3;7H,1-6H2;3*1H;/q;;;;;;;+2/p-2. The van der Waals surface area contributed by atoms with Crippen molar-refractivity contribution in [1.29, 1.82) is 0 Å². The maximum atomic E-state index is 14.0. The van der Waals surface area contributed by atoms with Crippen LogP contribution in [0.5, 0.6) is 0 Å². The minimum absolute atomic E-state index is 0. The molecule has 0 bridgehead atoms. The SMILES string of the molecule is CCc1cccc(-n2nc(C)cc2C(=O)Cc2cccc(C(NCC3CC3)c3cccc(F)c3)c2)c1.Cc1cc(C(=O)Cc2cccc(C(NCC3CC3)c3cccc(F)c3)c2)n(-c2cccc(CN)c2)n1.Cl.NCCNCCN.[C-]#[N+]c1cccc(-n2nc(C)cc2C(=O)Cc2cccc(C(NCC3CC3)c3cccc(F)c3)c2)c1.[Cl][Ni][Cl]. The summed E-state index contributed by atoms with van der Waals surface area (Å²) in [5, 5.41) is 27.6. The van der Waals surface area contributed by atoms with Crippen molar-refractivity contribution in [1.82, 2.24) is 50.6 Å². The van der Waals surface area contributed by atoms with Crippen molar-refractivity contribution < 1.29 is 40.2 Å². The Balaban J connectivity index is 0.000000176. The molecule has 3 aliphatic carbocycles. The summed E-state index contributed by atoms with van der Waals surface area (Å²) in [6.45, 7) is 21.3. The summed E-state index contributed by atoms with van der Waals surface area (Å²) in [7, 11) is 9.40. The van der Waals surface area contributed by atoms with Gasteiger partial charge in [0, 0.05) is 52.0 Å². The third-order valence-corrected chi connectivity index (χ3v) is 20.6. The van der Waals surface area contributed by atoms with Gasteiger partial charge in [-0.25, -0.2) is 32.1 Å². The second kappa shape index (κ2) is 46.0. The van der Waals surface area contributed by atoms with Gasteiger partial charge in [-0.3, -0.25) is 14.4 Å². The maximum absolute atomic E-state index is 14.0. The van der Waals surface area contributed by atoms with Crippen molar-refractivity contribution in [3.8, 4) is 17.1 Å². The number of carbonyl (C=O) groups excluding carboxylic acids is 3. The minimum atomic E-state index is -0.261. The first kappa shape index (κ1) is 91.3. The molecule has 3 unspecified atom stereocenters. The van der Waals surface area contributed by atoms with E-state index in [0.29, 0.717) is 78.5 Å². The van der Waals surface area contributed by atoms with Gasteiger partial charge in [-0.2, -0.15) is 15.3 Å². The van der Waals surface area contributed by atoms with Crippen LogP contribution in [0.3, 0.4) is 0 Å². The fourth-order valence-electron chi connectivity index (χ4n) is 14.1. The number of nitrogens with one attached hydrogen (secondary N) is 4. The molecule has 17 nitrogen and oxygen atoms in total. The number of carbonyl (C=O) groups is 3. The van der Waals surface area contributed by atoms with E-state index in [9.17, 15) is 27.6 Å². The van der Waals surface area contributed by atoms with Gasteiger partial charge in [-0.15, -0.1) is 12.4 Å². The van der Waals surface area contributed by atoms with Gasteiger partial charge < -0.3 is 38.5 Å². The molecule has 3 fully saturated rings. The van der Waals surface area contributed by atoms with Crippen molar-refractivity contribution in [2.24, 2.45) is 35.0 Å². The molecule has 0 spiro atoms. The van der Waals surface area contributed by atoms with E-state index >= 15 is 0 Å². The molecular weight excluding hydrogens is 1610 g/mol. The van der Waals surface area contributed by atoms with E-state index in [1.54, 1.807) is 74.7 Å². The third-order valence-electron chi connectivity index (χ3n) is 20.6. The Hall–Kier alpha value is -10.0. The molecule has 624 valence electrons. The zero-order valence-corrected chi connectivity index (χ0v) is 70.7. The van der Waals surface area contributed by atoms with Crippen LogP contribution in [-0.2, 0) is 44.9 Å². The molecule has 0 aliphatic heterocycles. The van der Waals surface area contributed by atoms with Crippen LogP contribution in [-0.4, -0.2) is 92.5 Å². The van der Waals surface area contributed by atoms with Crippen molar-refractivity contribution >= 4 is 55.8 Å². The number of hydrogen-bond donors (Lipinski definition) is 7. The van der Waals surface area contributed by atoms with Gasteiger partial charge in [-0.1, -0.05) is 153 Å². The first-order chi connectivity index (χ1) is 57.3. The second-order valence-electron chi connectivity index (χ2n) is 30.2. The first-order valence-corrected chi connectivity index (χ1v) is 42.9. The molecule has 0 radical (unpaired) electrons. The Morgan fingerprint density at radius 3 is 1.04 bits per heavy atom. The van der Waals surface area contributed by atoms with Crippen molar-refractivity contribution in [3.63, 3.8) is 0 Å². The molecule has 10 N–H and O–H groups in total. The molecule has 24 heteroatoms. The van der Waals surface area contributed by atoms with Gasteiger partial charge in [0.1, 0.15) is 34.5 Å².